The van der Waals surface area contributed by atoms with Crippen LogP contribution in [-0.4, -0.2) is 25.8 Å². The average Bonchev–Trinajstić information content (AvgIpc) is 2.25. The van der Waals surface area contributed by atoms with Gasteiger partial charge >= 0.3 is 0 Å². The summed E-state index contributed by atoms with van der Waals surface area (Å²) >= 11 is 0. The van der Waals surface area contributed by atoms with E-state index in [9.17, 15) is 0 Å². The van der Waals surface area contributed by atoms with Crippen molar-refractivity contribution < 1.29 is 4.74 Å². The standard InChI is InChI=1S/C13H27NO/c1-5-7-8-9-13(14-10-6-2)11-12(3)15-4/h5,12-14H,1,6-11H2,2-4H3. The highest BCUT2D eigenvalue weighted by atomic mass is 16.5. The monoisotopic (exact) mass is 213 g/mol. The molecule has 0 saturated carbocycles. The number of hydrogen-bond donors (Lipinski definition) is 1. The van der Waals surface area contributed by atoms with Crippen molar-refractivity contribution in [2.24, 2.45) is 0 Å². The van der Waals surface area contributed by atoms with E-state index in [1.54, 1.807) is 7.11 Å². The van der Waals surface area contributed by atoms with Crippen LogP contribution in [0.2, 0.25) is 0 Å². The Labute approximate surface area is 95.1 Å². The molecular formula is C13H27NO. The number of allylic oxidation sites excluding steroid dienone is 1. The average molecular weight is 213 g/mol. The lowest BCUT2D eigenvalue weighted by atomic mass is 10.0. The van der Waals surface area contributed by atoms with Crippen LogP contribution in [0, 0.1) is 0 Å². The highest BCUT2D eigenvalue weighted by Gasteiger charge is 2.11. The van der Waals surface area contributed by atoms with Crippen LogP contribution in [0.15, 0.2) is 12.7 Å². The van der Waals surface area contributed by atoms with Crippen molar-refractivity contribution in [3.05, 3.63) is 12.7 Å². The zero-order valence-corrected chi connectivity index (χ0v) is 10.6. The number of hydrogen-bond acceptors (Lipinski definition) is 2. The minimum atomic E-state index is 0.350. The molecular weight excluding hydrogens is 186 g/mol. The van der Waals surface area contributed by atoms with E-state index in [1.807, 2.05) is 6.08 Å². The van der Waals surface area contributed by atoms with E-state index in [-0.39, 0.29) is 0 Å². The SMILES string of the molecule is C=CCCCC(CC(C)OC)NCCC. The number of methoxy groups -OCH3 is 1. The Kier molecular flexibility index (Phi) is 9.96. The second-order valence-corrected chi connectivity index (χ2v) is 4.15. The third kappa shape index (κ3) is 8.64. The molecule has 2 atom stereocenters. The van der Waals surface area contributed by atoms with Gasteiger partial charge in [0.1, 0.15) is 0 Å². The summed E-state index contributed by atoms with van der Waals surface area (Å²) in [7, 11) is 1.78. The van der Waals surface area contributed by atoms with E-state index in [0.717, 1.165) is 19.4 Å². The minimum absolute atomic E-state index is 0.350. The van der Waals surface area contributed by atoms with Gasteiger partial charge in [0.2, 0.25) is 0 Å². The smallest absolute Gasteiger partial charge is 0.0558 e. The maximum Gasteiger partial charge on any atom is 0.0558 e. The van der Waals surface area contributed by atoms with Crippen LogP contribution in [0.25, 0.3) is 0 Å². The molecule has 0 aliphatic heterocycles. The van der Waals surface area contributed by atoms with Crippen molar-refractivity contribution >= 4 is 0 Å². The molecule has 0 aliphatic carbocycles. The van der Waals surface area contributed by atoms with Gasteiger partial charge in [0.05, 0.1) is 6.10 Å². The van der Waals surface area contributed by atoms with Crippen LogP contribution in [0.1, 0.15) is 46.0 Å². The van der Waals surface area contributed by atoms with E-state index in [0.29, 0.717) is 12.1 Å². The molecule has 0 aliphatic rings. The summed E-state index contributed by atoms with van der Waals surface area (Å²) in [6.07, 6.45) is 8.21. The largest absolute Gasteiger partial charge is 0.382 e. The lowest BCUT2D eigenvalue weighted by Gasteiger charge is -2.21. The molecule has 0 aromatic rings. The second-order valence-electron chi connectivity index (χ2n) is 4.15. The molecule has 1 N–H and O–H groups in total. The number of unbranched alkanes of at least 4 members (excludes halogenated alkanes) is 1. The van der Waals surface area contributed by atoms with E-state index in [2.05, 4.69) is 25.7 Å². The van der Waals surface area contributed by atoms with Gasteiger partial charge in [-0.15, -0.1) is 6.58 Å². The predicted molar refractivity (Wildman–Crippen MR) is 67.2 cm³/mol. The molecule has 15 heavy (non-hydrogen) atoms. The van der Waals surface area contributed by atoms with E-state index in [1.165, 1.54) is 19.3 Å². The van der Waals surface area contributed by atoms with E-state index < -0.39 is 0 Å². The summed E-state index contributed by atoms with van der Waals surface area (Å²) in [4.78, 5) is 0. The third-order valence-corrected chi connectivity index (χ3v) is 2.66. The second kappa shape index (κ2) is 10.2. The lowest BCUT2D eigenvalue weighted by Crippen LogP contribution is -2.33. The van der Waals surface area contributed by atoms with E-state index in [4.69, 9.17) is 4.74 Å². The maximum absolute atomic E-state index is 5.31. The van der Waals surface area contributed by atoms with Gasteiger partial charge in [-0.1, -0.05) is 13.0 Å². The fraction of sp³-hybridized carbons (Fsp3) is 0.846. The molecule has 0 bridgehead atoms. The summed E-state index contributed by atoms with van der Waals surface area (Å²) in [6, 6.07) is 0.597. The summed E-state index contributed by atoms with van der Waals surface area (Å²) in [5.41, 5.74) is 0. The number of nitrogens with one attached hydrogen (secondary N) is 1. The van der Waals surface area contributed by atoms with E-state index >= 15 is 0 Å². The number of rotatable bonds is 10. The first-order valence-electron chi connectivity index (χ1n) is 6.11. The highest BCUT2D eigenvalue weighted by Crippen LogP contribution is 2.09. The fourth-order valence-corrected chi connectivity index (χ4v) is 1.66. The molecule has 0 saturated heterocycles. The topological polar surface area (TPSA) is 21.3 Å². The molecule has 0 heterocycles. The molecule has 0 aromatic carbocycles. The first-order chi connectivity index (χ1) is 7.24. The van der Waals surface area contributed by atoms with Gasteiger partial charge < -0.3 is 10.1 Å². The molecule has 2 heteroatoms. The molecule has 0 radical (unpaired) electrons. The molecule has 90 valence electrons. The van der Waals surface area contributed by atoms with Crippen molar-refractivity contribution in [2.75, 3.05) is 13.7 Å². The van der Waals surface area contributed by atoms with Gasteiger partial charge in [-0.2, -0.15) is 0 Å². The van der Waals surface area contributed by atoms with Crippen molar-refractivity contribution in [1.82, 2.24) is 5.32 Å². The Morgan fingerprint density at radius 2 is 2.20 bits per heavy atom. The maximum atomic E-state index is 5.31. The zero-order chi connectivity index (χ0) is 11.5. The van der Waals surface area contributed by atoms with Crippen molar-refractivity contribution in [3.63, 3.8) is 0 Å². The Balaban J connectivity index is 3.77. The van der Waals surface area contributed by atoms with Crippen molar-refractivity contribution in [2.45, 2.75) is 58.1 Å². The molecule has 2 unspecified atom stereocenters. The highest BCUT2D eigenvalue weighted by molar-refractivity contribution is 4.73. The van der Waals surface area contributed by atoms with Gasteiger partial charge in [-0.25, -0.2) is 0 Å². The van der Waals surface area contributed by atoms with Crippen LogP contribution in [0.3, 0.4) is 0 Å². The normalized spacial score (nSPS) is 14.9. The first kappa shape index (κ1) is 14.7. The Morgan fingerprint density at radius 3 is 2.73 bits per heavy atom. The Hall–Kier alpha value is -0.340. The van der Waals surface area contributed by atoms with Crippen LogP contribution in [0.4, 0.5) is 0 Å². The van der Waals surface area contributed by atoms with Crippen molar-refractivity contribution in [1.29, 1.82) is 0 Å². The fourth-order valence-electron chi connectivity index (χ4n) is 1.66. The third-order valence-electron chi connectivity index (χ3n) is 2.66. The quantitative estimate of drug-likeness (QED) is 0.444. The minimum Gasteiger partial charge on any atom is -0.382 e. The van der Waals surface area contributed by atoms with Crippen LogP contribution < -0.4 is 5.32 Å². The van der Waals surface area contributed by atoms with Gasteiger partial charge in [0.25, 0.3) is 0 Å². The van der Waals surface area contributed by atoms with Gasteiger partial charge in [0.15, 0.2) is 0 Å². The molecule has 0 spiro atoms. The Morgan fingerprint density at radius 1 is 1.47 bits per heavy atom. The predicted octanol–water partition coefficient (Wildman–Crippen LogP) is 3.14. The zero-order valence-electron chi connectivity index (χ0n) is 10.6. The molecule has 2 nitrogen and oxygen atoms in total. The summed E-state index contributed by atoms with van der Waals surface area (Å²) in [5, 5.41) is 3.58. The van der Waals surface area contributed by atoms with Crippen LogP contribution in [-0.2, 0) is 4.74 Å². The lowest BCUT2D eigenvalue weighted by molar-refractivity contribution is 0.0990. The molecule has 0 aromatic heterocycles. The number of ether oxygens (including phenoxy) is 1. The molecule has 0 amide bonds. The van der Waals surface area contributed by atoms with Crippen LogP contribution in [0.5, 0.6) is 0 Å². The van der Waals surface area contributed by atoms with Crippen molar-refractivity contribution in [3.8, 4) is 0 Å². The first-order valence-corrected chi connectivity index (χ1v) is 6.11. The summed E-state index contributed by atoms with van der Waals surface area (Å²) in [5.74, 6) is 0. The Bertz CT molecular complexity index is 147. The van der Waals surface area contributed by atoms with Gasteiger partial charge in [0, 0.05) is 13.2 Å². The van der Waals surface area contributed by atoms with Crippen LogP contribution >= 0.6 is 0 Å². The van der Waals surface area contributed by atoms with Gasteiger partial charge in [-0.3, -0.25) is 0 Å². The molecule has 0 rings (SSSR count). The molecule has 0 fully saturated rings. The summed E-state index contributed by atoms with van der Waals surface area (Å²) < 4.78 is 5.31. The van der Waals surface area contributed by atoms with Gasteiger partial charge in [-0.05, 0) is 45.6 Å². The summed E-state index contributed by atoms with van der Waals surface area (Å²) in [6.45, 7) is 9.19.